The van der Waals surface area contributed by atoms with E-state index >= 15 is 0 Å². The molecule has 0 bridgehead atoms. The van der Waals surface area contributed by atoms with Crippen LogP contribution in [0.4, 0.5) is 5.13 Å². The maximum absolute atomic E-state index is 12.7. The van der Waals surface area contributed by atoms with E-state index in [9.17, 15) is 9.59 Å². The van der Waals surface area contributed by atoms with Crippen LogP contribution in [-0.4, -0.2) is 65.9 Å². The highest BCUT2D eigenvalue weighted by atomic mass is 32.1. The van der Waals surface area contributed by atoms with Crippen molar-refractivity contribution in [3.8, 4) is 5.75 Å². The number of anilines is 1. The highest BCUT2D eigenvalue weighted by Gasteiger charge is 2.19. The first-order valence-electron chi connectivity index (χ1n) is 9.84. The normalized spacial score (nSPS) is 10.8. The summed E-state index contributed by atoms with van der Waals surface area (Å²) in [7, 11) is 0. The number of thiazole rings is 1. The highest BCUT2D eigenvalue weighted by molar-refractivity contribution is 7.15. The van der Waals surface area contributed by atoms with E-state index < -0.39 is 0 Å². The Bertz CT molecular complexity index is 771. The minimum atomic E-state index is -0.258. The summed E-state index contributed by atoms with van der Waals surface area (Å²) in [5, 5.41) is 3.36. The van der Waals surface area contributed by atoms with Crippen molar-refractivity contribution >= 4 is 28.3 Å². The number of carbonyl (C=O) groups is 2. The first-order valence-corrected chi connectivity index (χ1v) is 10.7. The second-order valence-electron chi connectivity index (χ2n) is 6.65. The summed E-state index contributed by atoms with van der Waals surface area (Å²) in [5.74, 6) is 0.150. The van der Waals surface area contributed by atoms with Gasteiger partial charge in [-0.25, -0.2) is 4.98 Å². The standard InChI is InChI=1S/C21H30N4O3S/c1-5-24(6-2)12-13-25(20(27)15-28-18-10-8-7-9-11-18)14-19(26)23-21-22-16(3)17(4)29-21/h7-11H,5-6,12-15H2,1-4H3,(H,22,23,26). The van der Waals surface area contributed by atoms with Crippen LogP contribution >= 0.6 is 11.3 Å². The van der Waals surface area contributed by atoms with Crippen LogP contribution in [0.25, 0.3) is 0 Å². The number of benzene rings is 1. The molecule has 7 nitrogen and oxygen atoms in total. The van der Waals surface area contributed by atoms with Gasteiger partial charge in [-0.1, -0.05) is 32.0 Å². The van der Waals surface area contributed by atoms with Gasteiger partial charge in [0, 0.05) is 18.0 Å². The third-order valence-corrected chi connectivity index (χ3v) is 5.64. The van der Waals surface area contributed by atoms with Gasteiger partial charge >= 0.3 is 0 Å². The molecular weight excluding hydrogens is 388 g/mol. The van der Waals surface area contributed by atoms with E-state index in [2.05, 4.69) is 29.0 Å². The smallest absolute Gasteiger partial charge is 0.261 e. The number of carbonyl (C=O) groups excluding carboxylic acids is 2. The number of nitrogens with one attached hydrogen (secondary N) is 1. The predicted octanol–water partition coefficient (Wildman–Crippen LogP) is 2.95. The Morgan fingerprint density at radius 2 is 1.79 bits per heavy atom. The largest absolute Gasteiger partial charge is 0.484 e. The molecule has 158 valence electrons. The van der Waals surface area contributed by atoms with E-state index in [-0.39, 0.29) is 25.0 Å². The average Bonchev–Trinajstić information content (AvgIpc) is 3.03. The monoisotopic (exact) mass is 418 g/mol. The number of rotatable bonds is 11. The third kappa shape index (κ3) is 7.47. The Morgan fingerprint density at radius 3 is 2.38 bits per heavy atom. The van der Waals surface area contributed by atoms with E-state index in [0.717, 1.165) is 23.7 Å². The molecule has 0 radical (unpaired) electrons. The van der Waals surface area contributed by atoms with E-state index in [1.54, 1.807) is 17.0 Å². The summed E-state index contributed by atoms with van der Waals surface area (Å²) in [6, 6.07) is 9.19. The molecule has 0 saturated carbocycles. The number of ether oxygens (including phenoxy) is 1. The minimum Gasteiger partial charge on any atom is -0.484 e. The Morgan fingerprint density at radius 1 is 1.10 bits per heavy atom. The Kier molecular flexibility index (Phi) is 9.08. The number of likely N-dealkylation sites (N-methyl/N-ethyl adjacent to an activating group) is 1. The molecule has 29 heavy (non-hydrogen) atoms. The van der Waals surface area contributed by atoms with Crippen molar-refractivity contribution in [1.29, 1.82) is 0 Å². The van der Waals surface area contributed by atoms with Crippen molar-refractivity contribution < 1.29 is 14.3 Å². The fraction of sp³-hybridized carbons (Fsp3) is 0.476. The topological polar surface area (TPSA) is 74.8 Å². The molecule has 2 amide bonds. The molecular formula is C21H30N4O3S. The summed E-state index contributed by atoms with van der Waals surface area (Å²) in [6.45, 7) is 10.8. The van der Waals surface area contributed by atoms with E-state index in [1.807, 2.05) is 32.0 Å². The Balaban J connectivity index is 1.98. The lowest BCUT2D eigenvalue weighted by Gasteiger charge is -2.26. The Labute approximate surface area is 176 Å². The molecule has 1 N–H and O–H groups in total. The van der Waals surface area contributed by atoms with Crippen LogP contribution in [0.5, 0.6) is 5.75 Å². The van der Waals surface area contributed by atoms with Crippen LogP contribution in [0.3, 0.4) is 0 Å². The third-order valence-electron chi connectivity index (χ3n) is 4.65. The van der Waals surface area contributed by atoms with Gasteiger partial charge in [-0.2, -0.15) is 0 Å². The molecule has 0 aliphatic carbocycles. The first-order chi connectivity index (χ1) is 13.9. The van der Waals surface area contributed by atoms with Crippen molar-refractivity contribution in [2.75, 3.05) is 44.6 Å². The zero-order valence-electron chi connectivity index (χ0n) is 17.6. The molecule has 0 aliphatic heterocycles. The maximum atomic E-state index is 12.7. The zero-order chi connectivity index (χ0) is 21.2. The maximum Gasteiger partial charge on any atom is 0.261 e. The number of para-hydroxylation sites is 1. The van der Waals surface area contributed by atoms with Gasteiger partial charge in [-0.3, -0.25) is 9.59 Å². The average molecular weight is 419 g/mol. The molecule has 0 aliphatic rings. The number of hydrogen-bond acceptors (Lipinski definition) is 6. The Hall–Kier alpha value is -2.45. The van der Waals surface area contributed by atoms with Gasteiger partial charge in [0.25, 0.3) is 5.91 Å². The zero-order valence-corrected chi connectivity index (χ0v) is 18.4. The van der Waals surface area contributed by atoms with E-state index in [1.165, 1.54) is 11.3 Å². The van der Waals surface area contributed by atoms with Crippen molar-refractivity contribution in [2.24, 2.45) is 0 Å². The highest BCUT2D eigenvalue weighted by Crippen LogP contribution is 2.20. The van der Waals surface area contributed by atoms with Crippen LogP contribution in [0.2, 0.25) is 0 Å². The summed E-state index contributed by atoms with van der Waals surface area (Å²) in [5.41, 5.74) is 0.899. The number of hydrogen-bond donors (Lipinski definition) is 1. The fourth-order valence-corrected chi connectivity index (χ4v) is 3.54. The summed E-state index contributed by atoms with van der Waals surface area (Å²) in [6.07, 6.45) is 0. The summed E-state index contributed by atoms with van der Waals surface area (Å²) < 4.78 is 5.58. The van der Waals surface area contributed by atoms with Crippen LogP contribution in [-0.2, 0) is 9.59 Å². The van der Waals surface area contributed by atoms with Crippen LogP contribution in [0.1, 0.15) is 24.4 Å². The number of nitrogens with zero attached hydrogens (tertiary/aromatic N) is 3. The number of aryl methyl sites for hydroxylation is 2. The van der Waals surface area contributed by atoms with Gasteiger partial charge in [0.1, 0.15) is 12.3 Å². The summed E-state index contributed by atoms with van der Waals surface area (Å²) >= 11 is 1.43. The first kappa shape index (κ1) is 22.8. The molecule has 0 saturated heterocycles. The molecule has 1 heterocycles. The van der Waals surface area contributed by atoms with Crippen LogP contribution < -0.4 is 10.1 Å². The molecule has 1 aromatic heterocycles. The summed E-state index contributed by atoms with van der Waals surface area (Å²) in [4.78, 5) is 34.4. The molecule has 0 atom stereocenters. The van der Waals surface area contributed by atoms with Crippen molar-refractivity contribution in [1.82, 2.24) is 14.8 Å². The van der Waals surface area contributed by atoms with Gasteiger partial charge in [0.15, 0.2) is 11.7 Å². The van der Waals surface area contributed by atoms with Crippen LogP contribution in [0.15, 0.2) is 30.3 Å². The van der Waals surface area contributed by atoms with Gasteiger partial charge in [-0.05, 0) is 39.1 Å². The lowest BCUT2D eigenvalue weighted by molar-refractivity contribution is -0.136. The lowest BCUT2D eigenvalue weighted by Crippen LogP contribution is -2.44. The van der Waals surface area contributed by atoms with Crippen molar-refractivity contribution in [2.45, 2.75) is 27.7 Å². The molecule has 0 unspecified atom stereocenters. The van der Waals surface area contributed by atoms with Gasteiger partial charge < -0.3 is 19.9 Å². The van der Waals surface area contributed by atoms with Gasteiger partial charge in [0.05, 0.1) is 5.69 Å². The van der Waals surface area contributed by atoms with Gasteiger partial charge in [0.2, 0.25) is 5.91 Å². The molecule has 0 fully saturated rings. The molecule has 2 aromatic rings. The predicted molar refractivity (Wildman–Crippen MR) is 117 cm³/mol. The van der Waals surface area contributed by atoms with Crippen molar-refractivity contribution in [3.63, 3.8) is 0 Å². The minimum absolute atomic E-state index is 0.0318. The quantitative estimate of drug-likeness (QED) is 0.607. The van der Waals surface area contributed by atoms with Crippen molar-refractivity contribution in [3.05, 3.63) is 40.9 Å². The van der Waals surface area contributed by atoms with E-state index in [0.29, 0.717) is 24.0 Å². The lowest BCUT2D eigenvalue weighted by atomic mass is 10.3. The number of amides is 2. The second-order valence-corrected chi connectivity index (χ2v) is 7.86. The van der Waals surface area contributed by atoms with Gasteiger partial charge in [-0.15, -0.1) is 11.3 Å². The molecule has 8 heteroatoms. The molecule has 0 spiro atoms. The van der Waals surface area contributed by atoms with E-state index in [4.69, 9.17) is 4.74 Å². The fourth-order valence-electron chi connectivity index (χ4n) is 2.71. The second kappa shape index (κ2) is 11.5. The molecule has 2 rings (SSSR count). The molecule has 1 aromatic carbocycles. The van der Waals surface area contributed by atoms with Crippen LogP contribution in [0, 0.1) is 13.8 Å². The SMILES string of the molecule is CCN(CC)CCN(CC(=O)Nc1nc(C)c(C)s1)C(=O)COc1ccccc1. The number of aromatic nitrogens is 1.